The van der Waals surface area contributed by atoms with Gasteiger partial charge in [0.15, 0.2) is 0 Å². The average molecular weight is 849 g/mol. The number of aliphatic hydroxyl groups excluding tert-OH is 1. The number of aliphatic hydroxyl groups is 1. The maximum absolute atomic E-state index is 15.4. The first-order chi connectivity index (χ1) is 25.8. The van der Waals surface area contributed by atoms with Crippen LogP contribution in [0.2, 0.25) is 0 Å². The van der Waals surface area contributed by atoms with E-state index in [0.717, 1.165) is 24.4 Å². The van der Waals surface area contributed by atoms with Crippen molar-refractivity contribution in [3.63, 3.8) is 0 Å². The van der Waals surface area contributed by atoms with E-state index in [1.165, 1.54) is 19.1 Å². The van der Waals surface area contributed by atoms with Crippen LogP contribution in [-0.4, -0.2) is 58.9 Å². The normalized spacial score (nSPS) is 15.5. The van der Waals surface area contributed by atoms with Gasteiger partial charge in [-0.2, -0.15) is 13.2 Å². The van der Waals surface area contributed by atoms with Crippen LogP contribution in [0.1, 0.15) is 79.5 Å². The summed E-state index contributed by atoms with van der Waals surface area (Å²) in [6, 6.07) is 3.83. The van der Waals surface area contributed by atoms with E-state index in [4.69, 9.17) is 0 Å². The lowest BCUT2D eigenvalue weighted by molar-refractivity contribution is -0.140. The second-order valence-electron chi connectivity index (χ2n) is 12.9. The highest BCUT2D eigenvalue weighted by molar-refractivity contribution is 9.10. The molecule has 1 aromatic heterocycles. The van der Waals surface area contributed by atoms with Crippen molar-refractivity contribution < 1.29 is 54.6 Å². The van der Waals surface area contributed by atoms with E-state index in [9.17, 15) is 45.8 Å². The number of halogens is 9. The van der Waals surface area contributed by atoms with Gasteiger partial charge in [-0.15, -0.1) is 0 Å². The molecule has 5 rings (SSSR count). The Hall–Kier alpha value is -4.51. The van der Waals surface area contributed by atoms with Crippen LogP contribution < -0.4 is 10.9 Å². The number of allylic oxidation sites excluding steroid dienone is 4. The molecule has 298 valence electrons. The number of nitrogens with one attached hydrogen (secondary N) is 1. The molecule has 0 spiro atoms. The van der Waals surface area contributed by atoms with E-state index in [1.807, 2.05) is 0 Å². The van der Waals surface area contributed by atoms with Gasteiger partial charge >= 0.3 is 12.1 Å². The molecule has 0 saturated carbocycles. The number of benzene rings is 2. The Labute approximate surface area is 319 Å². The SMILES string of the molecule is CC1=CCCC(O)=C1c1cc(CNC(=O)C(c2cc(Br)ccc2F)n2cc(CCN3CC(F)C3)c(C(F)(F)F)cc2=O)c(F)c(C(F)F)c1.CCOC(C)=O. The summed E-state index contributed by atoms with van der Waals surface area (Å²) in [6.45, 7) is 4.60. The molecule has 1 aliphatic carbocycles. The molecule has 1 saturated heterocycles. The van der Waals surface area contributed by atoms with Crippen molar-refractivity contribution in [2.45, 2.75) is 71.4 Å². The number of carbonyl (C=O) groups is 2. The van der Waals surface area contributed by atoms with Gasteiger partial charge in [0.05, 0.1) is 17.7 Å². The lowest BCUT2D eigenvalue weighted by Crippen LogP contribution is -2.49. The van der Waals surface area contributed by atoms with Crippen molar-refractivity contribution in [1.29, 1.82) is 0 Å². The Kier molecular flexibility index (Phi) is 14.5. The third kappa shape index (κ3) is 10.8. The summed E-state index contributed by atoms with van der Waals surface area (Å²) in [5.41, 5.74) is -4.00. The molecular formula is C38H38BrF8N3O5. The topological polar surface area (TPSA) is 101 Å². The first-order valence-electron chi connectivity index (χ1n) is 17.1. The molecule has 0 bridgehead atoms. The van der Waals surface area contributed by atoms with Gasteiger partial charge in [0, 0.05) is 73.0 Å². The lowest BCUT2D eigenvalue weighted by atomic mass is 9.89. The van der Waals surface area contributed by atoms with Gasteiger partial charge in [0.2, 0.25) is 5.91 Å². The maximum atomic E-state index is 15.4. The fourth-order valence-electron chi connectivity index (χ4n) is 6.26. The summed E-state index contributed by atoms with van der Waals surface area (Å²) < 4.78 is 119. The first kappa shape index (κ1) is 43.2. The van der Waals surface area contributed by atoms with Gasteiger partial charge in [0.1, 0.15) is 29.6 Å². The van der Waals surface area contributed by atoms with Crippen molar-refractivity contribution in [3.8, 4) is 0 Å². The number of alkyl halides is 6. The summed E-state index contributed by atoms with van der Waals surface area (Å²) in [4.78, 5) is 38.5. The Bertz CT molecular complexity index is 2030. The Balaban J connectivity index is 0.00000104. The molecule has 2 N–H and O–H groups in total. The van der Waals surface area contributed by atoms with Gasteiger partial charge in [-0.05, 0) is 73.7 Å². The van der Waals surface area contributed by atoms with Crippen LogP contribution in [0.3, 0.4) is 0 Å². The highest BCUT2D eigenvalue weighted by Gasteiger charge is 2.37. The van der Waals surface area contributed by atoms with Crippen LogP contribution in [0.5, 0.6) is 0 Å². The van der Waals surface area contributed by atoms with Crippen molar-refractivity contribution in [3.05, 3.63) is 120 Å². The minimum atomic E-state index is -4.97. The summed E-state index contributed by atoms with van der Waals surface area (Å²) in [6.07, 6.45) is -6.35. The Morgan fingerprint density at radius 2 is 1.76 bits per heavy atom. The molecule has 1 unspecified atom stereocenters. The van der Waals surface area contributed by atoms with Crippen LogP contribution in [0.25, 0.3) is 5.57 Å². The third-order valence-corrected chi connectivity index (χ3v) is 9.37. The molecule has 17 heteroatoms. The molecule has 55 heavy (non-hydrogen) atoms. The fraction of sp³-hybridized carbons (Fsp3) is 0.395. The summed E-state index contributed by atoms with van der Waals surface area (Å²) >= 11 is 3.16. The predicted octanol–water partition coefficient (Wildman–Crippen LogP) is 8.53. The van der Waals surface area contributed by atoms with Crippen molar-refractivity contribution >= 4 is 33.4 Å². The molecule has 2 aliphatic rings. The highest BCUT2D eigenvalue weighted by Crippen LogP contribution is 2.37. The zero-order valence-corrected chi connectivity index (χ0v) is 31.5. The van der Waals surface area contributed by atoms with Crippen molar-refractivity contribution in [2.75, 3.05) is 26.2 Å². The number of nitrogens with zero attached hydrogens (tertiary/aromatic N) is 2. The number of likely N-dealkylation sites (tertiary alicyclic amines) is 1. The van der Waals surface area contributed by atoms with Crippen molar-refractivity contribution in [1.82, 2.24) is 14.8 Å². The molecule has 0 radical (unpaired) electrons. The minimum Gasteiger partial charge on any atom is -0.512 e. The van der Waals surface area contributed by atoms with Crippen LogP contribution in [-0.2, 0) is 33.5 Å². The first-order valence-corrected chi connectivity index (χ1v) is 17.9. The number of pyridine rings is 1. The number of amides is 1. The molecule has 1 amide bonds. The van der Waals surface area contributed by atoms with E-state index in [1.54, 1.807) is 24.8 Å². The molecular weight excluding hydrogens is 810 g/mol. The molecule has 2 heterocycles. The van der Waals surface area contributed by atoms with Crippen LogP contribution in [0.15, 0.2) is 69.3 Å². The van der Waals surface area contributed by atoms with Gasteiger partial charge in [-0.3, -0.25) is 23.9 Å². The van der Waals surface area contributed by atoms with Crippen LogP contribution in [0, 0.1) is 11.6 Å². The van der Waals surface area contributed by atoms with E-state index in [2.05, 4.69) is 26.0 Å². The zero-order valence-electron chi connectivity index (χ0n) is 29.9. The summed E-state index contributed by atoms with van der Waals surface area (Å²) in [5, 5.41) is 12.9. The second-order valence-corrected chi connectivity index (χ2v) is 13.8. The Morgan fingerprint density at radius 3 is 2.33 bits per heavy atom. The van der Waals surface area contributed by atoms with Crippen molar-refractivity contribution in [2.24, 2.45) is 0 Å². The number of carbonyl (C=O) groups excluding carboxylic acids is 2. The quantitative estimate of drug-likeness (QED) is 0.148. The standard InChI is InChI=1S/C34H30BrF8N3O3.C4H8O2/c1-17-3-2-4-27(47)29(17)19-9-20(30(38)24(10-19)32(39)40)13-44-33(49)31(23-11-21(35)5-6-26(23)37)46-14-18(7-8-45-15-22(36)16-45)25(12-28(46)48)34(41,42)43;1-3-6-4(2)5/h3,5-6,9-12,14,22,31-32,47H,2,4,7-8,13,15-16H2,1H3,(H,44,49);3H2,1-2H3. The molecule has 2 aromatic carbocycles. The van der Waals surface area contributed by atoms with Gasteiger partial charge in [-0.1, -0.05) is 22.0 Å². The number of aromatic nitrogens is 1. The fourth-order valence-corrected chi connectivity index (χ4v) is 6.64. The van der Waals surface area contributed by atoms with Crippen LogP contribution in [0.4, 0.5) is 35.1 Å². The second kappa shape index (κ2) is 18.4. The number of hydrogen-bond donors (Lipinski definition) is 2. The van der Waals surface area contributed by atoms with Gasteiger partial charge in [-0.25, -0.2) is 22.0 Å². The average Bonchev–Trinajstić information content (AvgIpc) is 3.08. The molecule has 8 nitrogen and oxygen atoms in total. The maximum Gasteiger partial charge on any atom is 0.416 e. The summed E-state index contributed by atoms with van der Waals surface area (Å²) in [5.74, 6) is -3.81. The minimum absolute atomic E-state index is 0.00650. The monoisotopic (exact) mass is 847 g/mol. The molecule has 1 aliphatic heterocycles. The Morgan fingerprint density at radius 1 is 1.07 bits per heavy atom. The van der Waals surface area contributed by atoms with Crippen LogP contribution >= 0.6 is 15.9 Å². The number of rotatable bonds is 11. The highest BCUT2D eigenvalue weighted by atomic mass is 79.9. The molecule has 1 fully saturated rings. The summed E-state index contributed by atoms with van der Waals surface area (Å²) in [7, 11) is 0. The van der Waals surface area contributed by atoms with E-state index >= 15 is 8.78 Å². The lowest BCUT2D eigenvalue weighted by Gasteiger charge is -2.34. The van der Waals surface area contributed by atoms with E-state index in [0.29, 0.717) is 23.2 Å². The largest absolute Gasteiger partial charge is 0.512 e. The number of esters is 1. The number of ether oxygens (including phenoxy) is 1. The predicted molar refractivity (Wildman–Crippen MR) is 191 cm³/mol. The molecule has 3 aromatic rings. The van der Waals surface area contributed by atoms with E-state index in [-0.39, 0.29) is 65.9 Å². The van der Waals surface area contributed by atoms with Gasteiger partial charge in [0.25, 0.3) is 12.0 Å². The third-order valence-electron chi connectivity index (χ3n) is 8.87. The smallest absolute Gasteiger partial charge is 0.416 e. The molecule has 1 atom stereocenters. The zero-order chi connectivity index (χ0) is 40.8. The number of hydrogen-bond acceptors (Lipinski definition) is 6. The van der Waals surface area contributed by atoms with E-state index < -0.39 is 82.3 Å². The van der Waals surface area contributed by atoms with Gasteiger partial charge < -0.3 is 15.2 Å².